The van der Waals surface area contributed by atoms with Gasteiger partial charge in [0.2, 0.25) is 5.88 Å². The third-order valence-electron chi connectivity index (χ3n) is 2.83. The summed E-state index contributed by atoms with van der Waals surface area (Å²) >= 11 is 0. The first-order valence-corrected chi connectivity index (χ1v) is 5.14. The monoisotopic (exact) mass is 207 g/mol. The molecule has 82 valence electrons. The lowest BCUT2D eigenvalue weighted by Gasteiger charge is -2.30. The van der Waals surface area contributed by atoms with Crippen molar-refractivity contribution < 1.29 is 4.74 Å². The highest BCUT2D eigenvalue weighted by Crippen LogP contribution is 2.31. The van der Waals surface area contributed by atoms with Gasteiger partial charge in [-0.1, -0.05) is 0 Å². The quantitative estimate of drug-likeness (QED) is 0.701. The van der Waals surface area contributed by atoms with Crippen LogP contribution in [-0.2, 0) is 13.1 Å². The Hall–Kier alpha value is -1.16. The van der Waals surface area contributed by atoms with Gasteiger partial charge in [0.15, 0.2) is 0 Å². The van der Waals surface area contributed by atoms with E-state index >= 15 is 0 Å². The molecule has 15 heavy (non-hydrogen) atoms. The van der Waals surface area contributed by atoms with E-state index in [2.05, 4.69) is 35.6 Å². The smallest absolute Gasteiger partial charge is 0.220 e. The van der Waals surface area contributed by atoms with Crippen molar-refractivity contribution >= 4 is 0 Å². The molecule has 2 rings (SSSR count). The van der Waals surface area contributed by atoms with Crippen molar-refractivity contribution in [1.29, 1.82) is 0 Å². The number of hydrogen-bond donors (Lipinski definition) is 0. The Balaban J connectivity index is 2.31. The summed E-state index contributed by atoms with van der Waals surface area (Å²) in [6.07, 6.45) is 1.57. The van der Waals surface area contributed by atoms with Crippen LogP contribution < -0.4 is 4.74 Å². The zero-order valence-corrected chi connectivity index (χ0v) is 9.74. The molecule has 0 saturated carbocycles. The Morgan fingerprint density at radius 3 is 2.60 bits per heavy atom. The van der Waals surface area contributed by atoms with E-state index in [1.54, 1.807) is 13.4 Å². The SMILES string of the molecule is COc1ncnc2c1CN(C(C)(C)C)C2. The van der Waals surface area contributed by atoms with Gasteiger partial charge >= 0.3 is 0 Å². The molecule has 0 fully saturated rings. The van der Waals surface area contributed by atoms with Crippen molar-refractivity contribution in [1.82, 2.24) is 14.9 Å². The van der Waals surface area contributed by atoms with Crippen LogP contribution in [0.1, 0.15) is 32.0 Å². The second kappa shape index (κ2) is 3.45. The average Bonchev–Trinajstić information content (AvgIpc) is 2.59. The summed E-state index contributed by atoms with van der Waals surface area (Å²) in [5.74, 6) is 0.715. The van der Waals surface area contributed by atoms with Gasteiger partial charge in [0.25, 0.3) is 0 Å². The zero-order valence-electron chi connectivity index (χ0n) is 9.74. The zero-order chi connectivity index (χ0) is 11.1. The van der Waals surface area contributed by atoms with Crippen molar-refractivity contribution in [3.8, 4) is 5.88 Å². The molecule has 0 atom stereocenters. The minimum absolute atomic E-state index is 0.158. The van der Waals surface area contributed by atoms with E-state index in [9.17, 15) is 0 Å². The number of nitrogens with zero attached hydrogens (tertiary/aromatic N) is 3. The lowest BCUT2D eigenvalue weighted by Crippen LogP contribution is -2.36. The summed E-state index contributed by atoms with van der Waals surface area (Å²) in [7, 11) is 1.66. The standard InChI is InChI=1S/C11H17N3O/c1-11(2,3)14-5-8-9(6-14)12-7-13-10(8)15-4/h7H,5-6H2,1-4H3. The van der Waals surface area contributed by atoms with E-state index in [-0.39, 0.29) is 5.54 Å². The lowest BCUT2D eigenvalue weighted by molar-refractivity contribution is 0.135. The molecule has 0 saturated heterocycles. The molecule has 2 heterocycles. The molecule has 4 nitrogen and oxygen atoms in total. The van der Waals surface area contributed by atoms with Gasteiger partial charge in [0.05, 0.1) is 18.4 Å². The number of methoxy groups -OCH3 is 1. The van der Waals surface area contributed by atoms with Crippen LogP contribution in [0.2, 0.25) is 0 Å². The van der Waals surface area contributed by atoms with Gasteiger partial charge in [-0.05, 0) is 20.8 Å². The molecule has 0 bridgehead atoms. The van der Waals surface area contributed by atoms with Crippen LogP contribution in [0.5, 0.6) is 5.88 Å². The van der Waals surface area contributed by atoms with Gasteiger partial charge in [-0.2, -0.15) is 0 Å². The first-order chi connectivity index (χ1) is 7.02. The van der Waals surface area contributed by atoms with Crippen LogP contribution >= 0.6 is 0 Å². The van der Waals surface area contributed by atoms with Crippen molar-refractivity contribution in [2.75, 3.05) is 7.11 Å². The Bertz CT molecular complexity index is 371. The molecule has 4 heteroatoms. The fraction of sp³-hybridized carbons (Fsp3) is 0.636. The molecule has 1 aliphatic heterocycles. The molecule has 0 aromatic carbocycles. The lowest BCUT2D eigenvalue weighted by atomic mass is 10.1. The minimum atomic E-state index is 0.158. The van der Waals surface area contributed by atoms with Crippen LogP contribution in [-0.4, -0.2) is 27.5 Å². The molecular formula is C11H17N3O. The van der Waals surface area contributed by atoms with E-state index in [1.807, 2.05) is 0 Å². The summed E-state index contributed by atoms with van der Waals surface area (Å²) in [6.45, 7) is 8.39. The third kappa shape index (κ3) is 1.81. The highest BCUT2D eigenvalue weighted by molar-refractivity contribution is 5.33. The van der Waals surface area contributed by atoms with Gasteiger partial charge in [0, 0.05) is 18.6 Å². The number of ether oxygens (including phenoxy) is 1. The maximum atomic E-state index is 5.24. The van der Waals surface area contributed by atoms with Crippen LogP contribution in [0.4, 0.5) is 0 Å². The predicted octanol–water partition coefficient (Wildman–Crippen LogP) is 1.60. The van der Waals surface area contributed by atoms with E-state index in [0.717, 1.165) is 24.3 Å². The highest BCUT2D eigenvalue weighted by atomic mass is 16.5. The molecule has 1 aromatic rings. The Morgan fingerprint density at radius 1 is 1.27 bits per heavy atom. The molecule has 0 radical (unpaired) electrons. The van der Waals surface area contributed by atoms with Gasteiger partial charge in [0.1, 0.15) is 6.33 Å². The molecule has 1 aromatic heterocycles. The Morgan fingerprint density at radius 2 is 2.00 bits per heavy atom. The minimum Gasteiger partial charge on any atom is -0.481 e. The molecule has 0 N–H and O–H groups in total. The second-order valence-corrected chi connectivity index (χ2v) is 4.84. The van der Waals surface area contributed by atoms with E-state index in [0.29, 0.717) is 5.88 Å². The third-order valence-corrected chi connectivity index (χ3v) is 2.83. The number of aromatic nitrogens is 2. The molecular weight excluding hydrogens is 190 g/mol. The largest absolute Gasteiger partial charge is 0.481 e. The van der Waals surface area contributed by atoms with Crippen molar-refractivity contribution in [2.24, 2.45) is 0 Å². The second-order valence-electron chi connectivity index (χ2n) is 4.84. The van der Waals surface area contributed by atoms with Gasteiger partial charge < -0.3 is 4.74 Å². The summed E-state index contributed by atoms with van der Waals surface area (Å²) in [6, 6.07) is 0. The van der Waals surface area contributed by atoms with Crippen LogP contribution in [0.25, 0.3) is 0 Å². The van der Waals surface area contributed by atoms with E-state index < -0.39 is 0 Å². The highest BCUT2D eigenvalue weighted by Gasteiger charge is 2.31. The first kappa shape index (κ1) is 10.4. The molecule has 1 aliphatic rings. The molecule has 0 unspecified atom stereocenters. The fourth-order valence-electron chi connectivity index (χ4n) is 1.80. The Kier molecular flexibility index (Phi) is 2.38. The van der Waals surface area contributed by atoms with Crippen molar-refractivity contribution in [3.63, 3.8) is 0 Å². The maximum Gasteiger partial charge on any atom is 0.220 e. The Labute approximate surface area is 90.3 Å². The normalized spacial score (nSPS) is 16.5. The number of rotatable bonds is 1. The summed E-state index contributed by atoms with van der Waals surface area (Å²) < 4.78 is 5.24. The number of fused-ring (bicyclic) bond motifs is 1. The van der Waals surface area contributed by atoms with Crippen LogP contribution in [0.3, 0.4) is 0 Å². The summed E-state index contributed by atoms with van der Waals surface area (Å²) in [5.41, 5.74) is 2.39. The number of hydrogen-bond acceptors (Lipinski definition) is 4. The summed E-state index contributed by atoms with van der Waals surface area (Å²) in [4.78, 5) is 10.8. The summed E-state index contributed by atoms with van der Waals surface area (Å²) in [5, 5.41) is 0. The topological polar surface area (TPSA) is 38.3 Å². The average molecular weight is 207 g/mol. The van der Waals surface area contributed by atoms with E-state index in [4.69, 9.17) is 4.74 Å². The van der Waals surface area contributed by atoms with Gasteiger partial charge in [-0.25, -0.2) is 9.97 Å². The predicted molar refractivity (Wildman–Crippen MR) is 57.6 cm³/mol. The van der Waals surface area contributed by atoms with Crippen LogP contribution in [0, 0.1) is 0 Å². The maximum absolute atomic E-state index is 5.24. The molecule has 0 aliphatic carbocycles. The molecule has 0 amide bonds. The van der Waals surface area contributed by atoms with Crippen molar-refractivity contribution in [2.45, 2.75) is 39.4 Å². The van der Waals surface area contributed by atoms with Gasteiger partial charge in [-0.15, -0.1) is 0 Å². The van der Waals surface area contributed by atoms with Gasteiger partial charge in [-0.3, -0.25) is 4.90 Å². The van der Waals surface area contributed by atoms with E-state index in [1.165, 1.54) is 0 Å². The fourth-order valence-corrected chi connectivity index (χ4v) is 1.80. The van der Waals surface area contributed by atoms with Crippen LogP contribution in [0.15, 0.2) is 6.33 Å². The molecule has 0 spiro atoms. The first-order valence-electron chi connectivity index (χ1n) is 5.14. The van der Waals surface area contributed by atoms with Crippen molar-refractivity contribution in [3.05, 3.63) is 17.6 Å².